The number of nitrogens with one attached hydrogen (secondary N) is 1. The van der Waals surface area contributed by atoms with Gasteiger partial charge in [0.2, 0.25) is 0 Å². The average molecular weight is 197 g/mol. The van der Waals surface area contributed by atoms with E-state index in [-0.39, 0.29) is 0 Å². The predicted octanol–water partition coefficient (Wildman–Crippen LogP) is 0.734. The van der Waals surface area contributed by atoms with Crippen LogP contribution in [0.2, 0.25) is 0 Å². The Morgan fingerprint density at radius 3 is 2.64 bits per heavy atom. The van der Waals surface area contributed by atoms with Gasteiger partial charge in [-0.3, -0.25) is 0 Å². The lowest BCUT2D eigenvalue weighted by Crippen LogP contribution is -2.31. The van der Waals surface area contributed by atoms with Crippen LogP contribution in [0.1, 0.15) is 33.0 Å². The summed E-state index contributed by atoms with van der Waals surface area (Å²) in [7, 11) is 1.77. The van der Waals surface area contributed by atoms with Crippen LogP contribution < -0.4 is 5.32 Å². The Hall–Kier alpha value is -0.970. The van der Waals surface area contributed by atoms with Crippen molar-refractivity contribution in [3.63, 3.8) is 0 Å². The fraction of sp³-hybridized carbons (Fsp3) is 0.889. The summed E-state index contributed by atoms with van der Waals surface area (Å²) in [6.07, 6.45) is 1.18. The molecule has 14 heavy (non-hydrogen) atoms. The van der Waals surface area contributed by atoms with Gasteiger partial charge in [-0.25, -0.2) is 0 Å². The molecule has 0 amide bonds. The highest BCUT2D eigenvalue weighted by molar-refractivity contribution is 4.78. The van der Waals surface area contributed by atoms with Crippen molar-refractivity contribution in [2.45, 2.75) is 39.8 Å². The van der Waals surface area contributed by atoms with Crippen molar-refractivity contribution in [3.8, 4) is 0 Å². The second-order valence-electron chi connectivity index (χ2n) is 3.75. The molecule has 80 valence electrons. The second-order valence-corrected chi connectivity index (χ2v) is 3.75. The second kappa shape index (κ2) is 5.05. The molecule has 2 unspecified atom stereocenters. The highest BCUT2D eigenvalue weighted by atomic mass is 15.6. The SMILES string of the molecule is CCC(C)C(C)NCc1nnn(C)n1. The van der Waals surface area contributed by atoms with Gasteiger partial charge in [-0.2, -0.15) is 4.80 Å². The van der Waals surface area contributed by atoms with Gasteiger partial charge >= 0.3 is 0 Å². The third kappa shape index (κ3) is 3.06. The lowest BCUT2D eigenvalue weighted by molar-refractivity contribution is 0.385. The summed E-state index contributed by atoms with van der Waals surface area (Å²) < 4.78 is 0. The van der Waals surface area contributed by atoms with Crippen molar-refractivity contribution >= 4 is 0 Å². The number of tetrazole rings is 1. The summed E-state index contributed by atoms with van der Waals surface area (Å²) in [5.74, 6) is 1.43. The first kappa shape index (κ1) is 11.1. The third-order valence-electron chi connectivity index (χ3n) is 2.63. The highest BCUT2D eigenvalue weighted by Crippen LogP contribution is 2.06. The summed E-state index contributed by atoms with van der Waals surface area (Å²) >= 11 is 0. The number of aryl methyl sites for hydroxylation is 1. The van der Waals surface area contributed by atoms with Crippen LogP contribution in [0.3, 0.4) is 0 Å². The molecular formula is C9H19N5. The molecule has 5 nitrogen and oxygen atoms in total. The van der Waals surface area contributed by atoms with Gasteiger partial charge < -0.3 is 5.32 Å². The van der Waals surface area contributed by atoms with Crippen LogP contribution in [0.5, 0.6) is 0 Å². The molecule has 0 aliphatic carbocycles. The van der Waals surface area contributed by atoms with Crippen LogP contribution in [0, 0.1) is 5.92 Å². The quantitative estimate of drug-likeness (QED) is 0.756. The molecule has 0 fully saturated rings. The van der Waals surface area contributed by atoms with Gasteiger partial charge in [0.15, 0.2) is 5.82 Å². The molecule has 0 radical (unpaired) electrons. The topological polar surface area (TPSA) is 55.6 Å². The van der Waals surface area contributed by atoms with E-state index in [0.29, 0.717) is 18.5 Å². The lowest BCUT2D eigenvalue weighted by atomic mass is 10.0. The van der Waals surface area contributed by atoms with E-state index in [1.807, 2.05) is 0 Å². The summed E-state index contributed by atoms with van der Waals surface area (Å²) in [6.45, 7) is 7.31. The van der Waals surface area contributed by atoms with E-state index in [1.54, 1.807) is 7.05 Å². The molecule has 1 aromatic heterocycles. The first-order valence-corrected chi connectivity index (χ1v) is 5.09. The minimum absolute atomic E-state index is 0.490. The number of aromatic nitrogens is 4. The minimum Gasteiger partial charge on any atom is -0.307 e. The van der Waals surface area contributed by atoms with E-state index in [1.165, 1.54) is 11.2 Å². The van der Waals surface area contributed by atoms with Crippen molar-refractivity contribution in [2.24, 2.45) is 13.0 Å². The van der Waals surface area contributed by atoms with Crippen LogP contribution in [0.25, 0.3) is 0 Å². The Labute approximate surface area is 84.9 Å². The molecule has 0 spiro atoms. The van der Waals surface area contributed by atoms with Crippen molar-refractivity contribution in [3.05, 3.63) is 5.82 Å². The van der Waals surface area contributed by atoms with E-state index in [0.717, 1.165) is 5.82 Å². The Morgan fingerprint density at radius 2 is 2.14 bits per heavy atom. The number of hydrogen-bond acceptors (Lipinski definition) is 4. The molecular weight excluding hydrogens is 178 g/mol. The maximum absolute atomic E-state index is 4.10. The molecule has 0 aromatic carbocycles. The van der Waals surface area contributed by atoms with Gasteiger partial charge in [0.05, 0.1) is 13.6 Å². The van der Waals surface area contributed by atoms with E-state index < -0.39 is 0 Å². The first-order chi connectivity index (χ1) is 6.63. The van der Waals surface area contributed by atoms with Crippen molar-refractivity contribution in [2.75, 3.05) is 0 Å². The Morgan fingerprint density at radius 1 is 1.43 bits per heavy atom. The maximum atomic E-state index is 4.10. The average Bonchev–Trinajstić information content (AvgIpc) is 2.59. The molecule has 0 saturated heterocycles. The van der Waals surface area contributed by atoms with Gasteiger partial charge in [-0.1, -0.05) is 20.3 Å². The van der Waals surface area contributed by atoms with Crippen molar-refractivity contribution < 1.29 is 0 Å². The normalized spacial score (nSPS) is 15.4. The van der Waals surface area contributed by atoms with Crippen LogP contribution in [0.15, 0.2) is 0 Å². The van der Waals surface area contributed by atoms with Gasteiger partial charge in [0, 0.05) is 6.04 Å². The number of nitrogens with zero attached hydrogens (tertiary/aromatic N) is 4. The van der Waals surface area contributed by atoms with Gasteiger partial charge in [-0.05, 0) is 18.1 Å². The predicted molar refractivity (Wildman–Crippen MR) is 54.6 cm³/mol. The Balaban J connectivity index is 2.33. The zero-order chi connectivity index (χ0) is 10.6. The maximum Gasteiger partial charge on any atom is 0.188 e. The molecule has 1 heterocycles. The Bertz CT molecular complexity index is 270. The summed E-state index contributed by atoms with van der Waals surface area (Å²) in [5, 5.41) is 15.2. The summed E-state index contributed by atoms with van der Waals surface area (Å²) in [4.78, 5) is 1.48. The van der Waals surface area contributed by atoms with E-state index >= 15 is 0 Å². The Kier molecular flexibility index (Phi) is 4.00. The van der Waals surface area contributed by atoms with Gasteiger partial charge in [0.25, 0.3) is 0 Å². The highest BCUT2D eigenvalue weighted by Gasteiger charge is 2.10. The van der Waals surface area contributed by atoms with Crippen LogP contribution in [-0.2, 0) is 13.6 Å². The van der Waals surface area contributed by atoms with Crippen LogP contribution in [0.4, 0.5) is 0 Å². The fourth-order valence-electron chi connectivity index (χ4n) is 1.20. The summed E-state index contributed by atoms with van der Waals surface area (Å²) in [6, 6.07) is 0.490. The summed E-state index contributed by atoms with van der Waals surface area (Å²) in [5.41, 5.74) is 0. The smallest absolute Gasteiger partial charge is 0.188 e. The minimum atomic E-state index is 0.490. The molecule has 2 atom stereocenters. The van der Waals surface area contributed by atoms with Gasteiger partial charge in [0.1, 0.15) is 0 Å². The fourth-order valence-corrected chi connectivity index (χ4v) is 1.20. The molecule has 0 bridgehead atoms. The third-order valence-corrected chi connectivity index (χ3v) is 2.63. The zero-order valence-corrected chi connectivity index (χ0v) is 9.36. The van der Waals surface area contributed by atoms with Gasteiger partial charge in [-0.15, -0.1) is 10.2 Å². The van der Waals surface area contributed by atoms with Crippen molar-refractivity contribution in [1.29, 1.82) is 0 Å². The molecule has 0 saturated carbocycles. The molecule has 0 aliphatic rings. The molecule has 1 aromatic rings. The number of hydrogen-bond donors (Lipinski definition) is 1. The van der Waals surface area contributed by atoms with Crippen LogP contribution in [-0.4, -0.2) is 26.2 Å². The van der Waals surface area contributed by atoms with Crippen LogP contribution >= 0.6 is 0 Å². The standard InChI is InChI=1S/C9H19N5/c1-5-7(2)8(3)10-6-9-11-13-14(4)12-9/h7-8,10H,5-6H2,1-4H3. The number of rotatable bonds is 5. The molecule has 5 heteroatoms. The van der Waals surface area contributed by atoms with E-state index in [2.05, 4.69) is 41.5 Å². The first-order valence-electron chi connectivity index (χ1n) is 5.09. The largest absolute Gasteiger partial charge is 0.307 e. The van der Waals surface area contributed by atoms with E-state index in [4.69, 9.17) is 0 Å². The molecule has 0 aliphatic heterocycles. The van der Waals surface area contributed by atoms with E-state index in [9.17, 15) is 0 Å². The zero-order valence-electron chi connectivity index (χ0n) is 9.36. The molecule has 1 rings (SSSR count). The molecule has 1 N–H and O–H groups in total. The van der Waals surface area contributed by atoms with Crippen molar-refractivity contribution in [1.82, 2.24) is 25.5 Å². The monoisotopic (exact) mass is 197 g/mol. The lowest BCUT2D eigenvalue weighted by Gasteiger charge is -2.18.